The standard InChI is InChI=1S/C14H12O/c1-3-6-11-9-10(2)14(15)13-8-5-4-7-12(11)13/h3-5,7-9H,1-2,6H2/p+1. The van der Waals surface area contributed by atoms with Gasteiger partial charge in [0.05, 0.1) is 11.1 Å². The number of carbonyl (C=O) groups excluding carboxylic acids is 1. The molecule has 2 rings (SSSR count). The Kier molecular flexibility index (Phi) is 2.38. The molecule has 0 heterocycles. The Labute approximate surface area is 89.4 Å². The van der Waals surface area contributed by atoms with Crippen LogP contribution in [-0.2, 0) is 0 Å². The van der Waals surface area contributed by atoms with Crippen molar-refractivity contribution in [2.75, 3.05) is 0 Å². The molecule has 0 aromatic heterocycles. The molecule has 1 heteroatoms. The Balaban J connectivity index is 2.60. The lowest BCUT2D eigenvalue weighted by atomic mass is 9.86. The van der Waals surface area contributed by atoms with E-state index in [1.54, 1.807) is 0 Å². The fourth-order valence-electron chi connectivity index (χ4n) is 1.82. The SMILES string of the molecule is C=CCC1=CC(=C)C(=[OH+])c2ccccc21. The van der Waals surface area contributed by atoms with Gasteiger partial charge in [-0.2, -0.15) is 0 Å². The molecule has 1 aliphatic carbocycles. The molecule has 1 aliphatic rings. The normalized spacial score (nSPS) is 14.5. The molecule has 1 aromatic carbocycles. The van der Waals surface area contributed by atoms with Crippen LogP contribution in [0.15, 0.2) is 55.1 Å². The van der Waals surface area contributed by atoms with Crippen LogP contribution >= 0.6 is 0 Å². The zero-order valence-electron chi connectivity index (χ0n) is 8.53. The van der Waals surface area contributed by atoms with E-state index in [1.165, 1.54) is 0 Å². The lowest BCUT2D eigenvalue weighted by molar-refractivity contribution is 0.678. The molecule has 74 valence electrons. The van der Waals surface area contributed by atoms with Gasteiger partial charge in [-0.3, -0.25) is 4.79 Å². The average Bonchev–Trinajstić information content (AvgIpc) is 2.26. The molecule has 0 aliphatic heterocycles. The van der Waals surface area contributed by atoms with Crippen LogP contribution in [-0.4, -0.2) is 10.6 Å². The van der Waals surface area contributed by atoms with Crippen LogP contribution in [0.4, 0.5) is 0 Å². The number of hydrogen-bond acceptors (Lipinski definition) is 0. The van der Waals surface area contributed by atoms with E-state index in [9.17, 15) is 4.79 Å². The summed E-state index contributed by atoms with van der Waals surface area (Å²) in [4.78, 5) is 9.86. The molecule has 15 heavy (non-hydrogen) atoms. The quantitative estimate of drug-likeness (QED) is 0.395. The highest BCUT2D eigenvalue weighted by Crippen LogP contribution is 2.30. The van der Waals surface area contributed by atoms with Crippen LogP contribution in [0.2, 0.25) is 0 Å². The summed E-state index contributed by atoms with van der Waals surface area (Å²) in [6.45, 7) is 7.56. The summed E-state index contributed by atoms with van der Waals surface area (Å²) in [5.74, 6) is 0.276. The maximum atomic E-state index is 9.86. The third-order valence-electron chi connectivity index (χ3n) is 2.55. The molecule has 0 saturated heterocycles. The summed E-state index contributed by atoms with van der Waals surface area (Å²) < 4.78 is 0. The van der Waals surface area contributed by atoms with Crippen molar-refractivity contribution < 1.29 is 4.79 Å². The minimum absolute atomic E-state index is 0.276. The van der Waals surface area contributed by atoms with Crippen LogP contribution in [0.25, 0.3) is 5.57 Å². The van der Waals surface area contributed by atoms with E-state index in [2.05, 4.69) is 13.2 Å². The van der Waals surface area contributed by atoms with Crippen LogP contribution in [0.3, 0.4) is 0 Å². The number of hydrogen-bond donors (Lipinski definition) is 0. The largest absolute Gasteiger partial charge is 0.354 e. The Morgan fingerprint density at radius 2 is 1.87 bits per heavy atom. The van der Waals surface area contributed by atoms with Gasteiger partial charge in [0.25, 0.3) is 0 Å². The molecule has 0 unspecified atom stereocenters. The van der Waals surface area contributed by atoms with Crippen molar-refractivity contribution in [3.63, 3.8) is 0 Å². The van der Waals surface area contributed by atoms with Crippen LogP contribution in [0.5, 0.6) is 0 Å². The molecule has 1 N–H and O–H groups in total. The Morgan fingerprint density at radius 1 is 1.20 bits per heavy atom. The summed E-state index contributed by atoms with van der Waals surface area (Å²) in [6.07, 6.45) is 4.57. The van der Waals surface area contributed by atoms with Gasteiger partial charge < -0.3 is 0 Å². The van der Waals surface area contributed by atoms with Crippen molar-refractivity contribution in [2.45, 2.75) is 6.42 Å². The highest BCUT2D eigenvalue weighted by atomic mass is 16.1. The molecule has 0 fully saturated rings. The number of rotatable bonds is 2. The van der Waals surface area contributed by atoms with Crippen molar-refractivity contribution in [3.8, 4) is 0 Å². The van der Waals surface area contributed by atoms with Gasteiger partial charge in [-0.05, 0) is 29.7 Å². The molecular formula is C14H13O+. The monoisotopic (exact) mass is 197 g/mol. The van der Waals surface area contributed by atoms with Crippen molar-refractivity contribution in [1.29, 1.82) is 0 Å². The summed E-state index contributed by atoms with van der Waals surface area (Å²) in [7, 11) is 0. The van der Waals surface area contributed by atoms with E-state index in [4.69, 9.17) is 0 Å². The van der Waals surface area contributed by atoms with E-state index < -0.39 is 0 Å². The lowest BCUT2D eigenvalue weighted by Crippen LogP contribution is -2.11. The first-order valence-corrected chi connectivity index (χ1v) is 4.90. The van der Waals surface area contributed by atoms with Gasteiger partial charge in [0.1, 0.15) is 0 Å². The zero-order chi connectivity index (χ0) is 10.8. The van der Waals surface area contributed by atoms with Gasteiger partial charge in [-0.1, -0.05) is 30.9 Å². The second-order valence-corrected chi connectivity index (χ2v) is 3.58. The number of benzene rings is 1. The summed E-state index contributed by atoms with van der Waals surface area (Å²) >= 11 is 0. The Morgan fingerprint density at radius 3 is 2.53 bits per heavy atom. The summed E-state index contributed by atoms with van der Waals surface area (Å²) in [5, 5.41) is 0. The molecule has 1 aromatic rings. The van der Waals surface area contributed by atoms with Crippen molar-refractivity contribution in [1.82, 2.24) is 0 Å². The van der Waals surface area contributed by atoms with Crippen molar-refractivity contribution in [2.24, 2.45) is 0 Å². The van der Waals surface area contributed by atoms with E-state index in [0.717, 1.165) is 23.1 Å². The van der Waals surface area contributed by atoms with E-state index in [1.807, 2.05) is 36.4 Å². The lowest BCUT2D eigenvalue weighted by Gasteiger charge is -2.13. The molecule has 0 saturated carbocycles. The van der Waals surface area contributed by atoms with E-state index in [-0.39, 0.29) is 5.78 Å². The predicted octanol–water partition coefficient (Wildman–Crippen LogP) is 3.11. The van der Waals surface area contributed by atoms with Gasteiger partial charge in [0.15, 0.2) is 0 Å². The second kappa shape index (κ2) is 3.70. The third kappa shape index (κ3) is 1.57. The second-order valence-electron chi connectivity index (χ2n) is 3.58. The smallest absolute Gasteiger partial charge is 0.273 e. The van der Waals surface area contributed by atoms with Crippen LogP contribution in [0, 0.1) is 0 Å². The van der Waals surface area contributed by atoms with Crippen molar-refractivity contribution >= 4 is 11.4 Å². The first-order chi connectivity index (χ1) is 7.24. The highest BCUT2D eigenvalue weighted by Gasteiger charge is 2.25. The number of fused-ring (bicyclic) bond motifs is 1. The minimum Gasteiger partial charge on any atom is -0.273 e. The van der Waals surface area contributed by atoms with Gasteiger partial charge in [-0.15, -0.1) is 6.58 Å². The van der Waals surface area contributed by atoms with Gasteiger partial charge >= 0.3 is 5.78 Å². The van der Waals surface area contributed by atoms with Crippen LogP contribution in [0.1, 0.15) is 17.5 Å². The van der Waals surface area contributed by atoms with E-state index >= 15 is 0 Å². The molecular weight excluding hydrogens is 184 g/mol. The summed E-state index contributed by atoms with van der Waals surface area (Å²) in [5.41, 5.74) is 3.76. The highest BCUT2D eigenvalue weighted by molar-refractivity contribution is 6.16. The van der Waals surface area contributed by atoms with Gasteiger partial charge in [0, 0.05) is 0 Å². The molecule has 0 amide bonds. The fourth-order valence-corrected chi connectivity index (χ4v) is 1.82. The first kappa shape index (κ1) is 9.66. The van der Waals surface area contributed by atoms with Gasteiger partial charge in [0.2, 0.25) is 0 Å². The van der Waals surface area contributed by atoms with Crippen molar-refractivity contribution in [3.05, 3.63) is 66.3 Å². The average molecular weight is 197 g/mol. The molecule has 0 bridgehead atoms. The molecule has 0 spiro atoms. The maximum absolute atomic E-state index is 9.86. The first-order valence-electron chi connectivity index (χ1n) is 4.90. The topological polar surface area (TPSA) is 21.4 Å². The molecule has 1 nitrogen and oxygen atoms in total. The molecule has 0 radical (unpaired) electrons. The Bertz CT molecular complexity index is 478. The predicted molar refractivity (Wildman–Crippen MR) is 64.4 cm³/mol. The summed E-state index contributed by atoms with van der Waals surface area (Å²) in [6, 6.07) is 7.80. The molecule has 0 atom stereocenters. The minimum atomic E-state index is 0.276. The third-order valence-corrected chi connectivity index (χ3v) is 2.55. The number of allylic oxidation sites excluding steroid dienone is 4. The van der Waals surface area contributed by atoms with Gasteiger partial charge in [-0.25, -0.2) is 0 Å². The Hall–Kier alpha value is -1.89. The number of ketones is 1. The van der Waals surface area contributed by atoms with Crippen LogP contribution < -0.4 is 0 Å². The maximum Gasteiger partial charge on any atom is 0.354 e. The zero-order valence-corrected chi connectivity index (χ0v) is 8.53. The fraction of sp³-hybridized carbons (Fsp3) is 0.0714. The van der Waals surface area contributed by atoms with E-state index in [0.29, 0.717) is 5.57 Å².